The van der Waals surface area contributed by atoms with E-state index in [0.29, 0.717) is 0 Å². The van der Waals surface area contributed by atoms with Gasteiger partial charge in [0.15, 0.2) is 0 Å². The topological polar surface area (TPSA) is 63.7 Å². The molecule has 0 spiro atoms. The van der Waals surface area contributed by atoms with Crippen LogP contribution >= 0.6 is 0 Å². The van der Waals surface area contributed by atoms with E-state index in [0.717, 1.165) is 10.5 Å². The van der Waals surface area contributed by atoms with Crippen LogP contribution in [-0.2, 0) is 19.1 Å². The number of carbonyl (C=O) groups is 3. The maximum absolute atomic E-state index is 10.4. The number of nitrogens with zero attached hydrogens (tertiary/aromatic N) is 1. The van der Waals surface area contributed by atoms with Gasteiger partial charge in [-0.05, 0) is 11.6 Å². The van der Waals surface area contributed by atoms with Crippen LogP contribution in [0.25, 0.3) is 6.08 Å². The third-order valence-electron chi connectivity index (χ3n) is 2.32. The summed E-state index contributed by atoms with van der Waals surface area (Å²) in [6.07, 6.45) is 5.63. The van der Waals surface area contributed by atoms with Crippen LogP contribution in [0.3, 0.4) is 0 Å². The van der Waals surface area contributed by atoms with Gasteiger partial charge in [-0.15, -0.1) is 0 Å². The predicted octanol–water partition coefficient (Wildman–Crippen LogP) is 1.76. The normalized spacial score (nSPS) is 13.4. The molecule has 0 saturated carbocycles. The van der Waals surface area contributed by atoms with Gasteiger partial charge in [0.05, 0.1) is 6.26 Å². The van der Waals surface area contributed by atoms with E-state index in [1.165, 1.54) is 32.4 Å². The number of carbonyl (C=O) groups excluding carboxylic acids is 3. The standard InChI is InChI=1S/C10H10O2.C5H5NO2/c1-9(11)12-8-7-10-5-3-2-4-6-10;1-6-4(7)2-3-5(6)8/h2-8H,1H3;2-3H,1H3. The van der Waals surface area contributed by atoms with Crippen LogP contribution in [0.15, 0.2) is 48.7 Å². The van der Waals surface area contributed by atoms with Crippen LogP contribution in [0, 0.1) is 0 Å². The fourth-order valence-corrected chi connectivity index (χ4v) is 1.25. The summed E-state index contributed by atoms with van der Waals surface area (Å²) in [5, 5.41) is 0. The Balaban J connectivity index is 0.000000217. The van der Waals surface area contributed by atoms with Gasteiger partial charge >= 0.3 is 5.97 Å². The number of hydrogen-bond acceptors (Lipinski definition) is 4. The average Bonchev–Trinajstić information content (AvgIpc) is 2.72. The molecule has 0 N–H and O–H groups in total. The molecule has 0 bridgehead atoms. The first-order chi connectivity index (χ1) is 9.50. The van der Waals surface area contributed by atoms with E-state index in [1.807, 2.05) is 30.3 Å². The first kappa shape index (κ1) is 15.4. The maximum atomic E-state index is 10.4. The minimum atomic E-state index is -0.304. The fourth-order valence-electron chi connectivity index (χ4n) is 1.25. The van der Waals surface area contributed by atoms with E-state index in [9.17, 15) is 14.4 Å². The van der Waals surface area contributed by atoms with E-state index in [2.05, 4.69) is 4.74 Å². The van der Waals surface area contributed by atoms with Crippen molar-refractivity contribution in [3.8, 4) is 0 Å². The minimum absolute atomic E-state index is 0.241. The second-order valence-electron chi connectivity index (χ2n) is 3.89. The molecule has 1 aliphatic rings. The van der Waals surface area contributed by atoms with Crippen molar-refractivity contribution in [2.75, 3.05) is 7.05 Å². The lowest BCUT2D eigenvalue weighted by atomic mass is 10.2. The molecule has 5 heteroatoms. The largest absolute Gasteiger partial charge is 0.435 e. The van der Waals surface area contributed by atoms with E-state index in [-0.39, 0.29) is 17.8 Å². The lowest BCUT2D eigenvalue weighted by molar-refractivity contribution is -0.136. The van der Waals surface area contributed by atoms with Crippen molar-refractivity contribution in [1.82, 2.24) is 4.90 Å². The predicted molar refractivity (Wildman–Crippen MR) is 74.2 cm³/mol. The van der Waals surface area contributed by atoms with Crippen molar-refractivity contribution >= 4 is 23.9 Å². The molecule has 0 saturated heterocycles. The molecule has 5 nitrogen and oxygen atoms in total. The molecule has 0 fully saturated rings. The highest BCUT2D eigenvalue weighted by atomic mass is 16.5. The molecule has 0 radical (unpaired) electrons. The maximum Gasteiger partial charge on any atom is 0.307 e. The Hall–Kier alpha value is -2.69. The summed E-state index contributed by atoms with van der Waals surface area (Å²) in [6, 6.07) is 9.64. The minimum Gasteiger partial charge on any atom is -0.435 e. The van der Waals surface area contributed by atoms with Crippen molar-refractivity contribution < 1.29 is 19.1 Å². The SMILES string of the molecule is CC(=O)OC=Cc1ccccc1.CN1C(=O)C=CC1=O. The van der Waals surface area contributed by atoms with Gasteiger partial charge in [-0.2, -0.15) is 0 Å². The first-order valence-electron chi connectivity index (χ1n) is 5.89. The first-order valence-corrected chi connectivity index (χ1v) is 5.89. The van der Waals surface area contributed by atoms with Gasteiger partial charge < -0.3 is 4.74 Å². The number of likely N-dealkylation sites (N-methyl/N-ethyl adjacent to an activating group) is 1. The molecular formula is C15H15NO4. The van der Waals surface area contributed by atoms with Crippen LogP contribution in [-0.4, -0.2) is 29.7 Å². The van der Waals surface area contributed by atoms with Gasteiger partial charge in [-0.25, -0.2) is 0 Å². The zero-order valence-corrected chi connectivity index (χ0v) is 11.3. The number of ether oxygens (including phenoxy) is 1. The number of amides is 2. The highest BCUT2D eigenvalue weighted by Gasteiger charge is 2.17. The second-order valence-corrected chi connectivity index (χ2v) is 3.89. The van der Waals surface area contributed by atoms with E-state index in [4.69, 9.17) is 0 Å². The monoisotopic (exact) mass is 273 g/mol. The van der Waals surface area contributed by atoms with E-state index >= 15 is 0 Å². The summed E-state index contributed by atoms with van der Waals surface area (Å²) in [4.78, 5) is 32.2. The summed E-state index contributed by atoms with van der Waals surface area (Å²) in [6.45, 7) is 1.37. The quantitative estimate of drug-likeness (QED) is 0.468. The third-order valence-corrected chi connectivity index (χ3v) is 2.32. The van der Waals surface area contributed by atoms with Crippen LogP contribution in [0.1, 0.15) is 12.5 Å². The molecule has 1 heterocycles. The zero-order valence-electron chi connectivity index (χ0n) is 11.3. The summed E-state index contributed by atoms with van der Waals surface area (Å²) in [5.74, 6) is -0.785. The number of hydrogen-bond donors (Lipinski definition) is 0. The molecular weight excluding hydrogens is 258 g/mol. The van der Waals surface area contributed by atoms with Gasteiger partial charge in [0.1, 0.15) is 0 Å². The summed E-state index contributed by atoms with van der Waals surface area (Å²) in [5.41, 5.74) is 1.01. The number of esters is 1. The Morgan fingerprint density at radius 3 is 2.05 bits per heavy atom. The Bertz CT molecular complexity index is 528. The van der Waals surface area contributed by atoms with Gasteiger partial charge in [-0.3, -0.25) is 19.3 Å². The van der Waals surface area contributed by atoms with Crippen LogP contribution in [0.2, 0.25) is 0 Å². The lowest BCUT2D eigenvalue weighted by Gasteiger charge is -2.01. The molecule has 0 unspecified atom stereocenters. The molecule has 20 heavy (non-hydrogen) atoms. The zero-order chi connectivity index (χ0) is 15.0. The van der Waals surface area contributed by atoms with Gasteiger partial charge in [0.2, 0.25) is 0 Å². The molecule has 1 aromatic rings. The molecule has 0 atom stereocenters. The van der Waals surface area contributed by atoms with Crippen LogP contribution in [0.5, 0.6) is 0 Å². The average molecular weight is 273 g/mol. The number of imide groups is 1. The van der Waals surface area contributed by atoms with Crippen molar-refractivity contribution in [3.63, 3.8) is 0 Å². The summed E-state index contributed by atoms with van der Waals surface area (Å²) < 4.78 is 4.63. The Labute approximate surface area is 117 Å². The fraction of sp³-hybridized carbons (Fsp3) is 0.133. The summed E-state index contributed by atoms with van der Waals surface area (Å²) >= 11 is 0. The van der Waals surface area contributed by atoms with Gasteiger partial charge in [0.25, 0.3) is 11.8 Å². The molecule has 2 rings (SSSR count). The Kier molecular flexibility index (Phi) is 5.90. The molecule has 1 aromatic carbocycles. The lowest BCUT2D eigenvalue weighted by Crippen LogP contribution is -2.24. The highest BCUT2D eigenvalue weighted by Crippen LogP contribution is 2.00. The number of benzene rings is 1. The van der Waals surface area contributed by atoms with E-state index in [1.54, 1.807) is 6.08 Å². The van der Waals surface area contributed by atoms with Crippen molar-refractivity contribution in [2.24, 2.45) is 0 Å². The molecule has 104 valence electrons. The van der Waals surface area contributed by atoms with Gasteiger partial charge in [0, 0.05) is 26.1 Å². The van der Waals surface area contributed by atoms with Crippen molar-refractivity contribution in [2.45, 2.75) is 6.92 Å². The molecule has 0 aromatic heterocycles. The van der Waals surface area contributed by atoms with Crippen LogP contribution in [0.4, 0.5) is 0 Å². The Morgan fingerprint density at radius 1 is 1.10 bits per heavy atom. The molecule has 2 amide bonds. The van der Waals surface area contributed by atoms with Crippen LogP contribution < -0.4 is 0 Å². The van der Waals surface area contributed by atoms with E-state index < -0.39 is 0 Å². The molecule has 0 aliphatic carbocycles. The van der Waals surface area contributed by atoms with Gasteiger partial charge in [-0.1, -0.05) is 30.3 Å². The Morgan fingerprint density at radius 2 is 1.65 bits per heavy atom. The van der Waals surface area contributed by atoms with Crippen molar-refractivity contribution in [1.29, 1.82) is 0 Å². The molecule has 1 aliphatic heterocycles. The second kappa shape index (κ2) is 7.68. The summed E-state index contributed by atoms with van der Waals surface area (Å²) in [7, 11) is 1.45. The van der Waals surface area contributed by atoms with Crippen molar-refractivity contribution in [3.05, 3.63) is 54.3 Å². The highest BCUT2D eigenvalue weighted by molar-refractivity contribution is 6.12. The number of rotatable bonds is 2. The smallest absolute Gasteiger partial charge is 0.307 e. The third kappa shape index (κ3) is 5.30.